The monoisotopic (exact) mass is 423 g/mol. The highest BCUT2D eigenvalue weighted by molar-refractivity contribution is 14.0. The van der Waals surface area contributed by atoms with Crippen LogP contribution in [-0.2, 0) is 6.54 Å². The zero-order valence-corrected chi connectivity index (χ0v) is 15.3. The van der Waals surface area contributed by atoms with Crippen LogP contribution in [0.2, 0.25) is 0 Å². The second-order valence-electron chi connectivity index (χ2n) is 5.63. The third-order valence-corrected chi connectivity index (χ3v) is 4.00. The van der Waals surface area contributed by atoms with Crippen LogP contribution in [0.25, 0.3) is 11.1 Å². The number of nitrogens with one attached hydrogen (secondary N) is 1. The first kappa shape index (κ1) is 17.7. The largest absolute Gasteiger partial charge is 0.370 e. The van der Waals surface area contributed by atoms with Crippen molar-refractivity contribution >= 4 is 29.9 Å². The van der Waals surface area contributed by atoms with Gasteiger partial charge in [-0.05, 0) is 24.3 Å². The van der Waals surface area contributed by atoms with Crippen LogP contribution in [0.3, 0.4) is 0 Å². The van der Waals surface area contributed by atoms with Crippen molar-refractivity contribution in [1.29, 1.82) is 0 Å². The van der Waals surface area contributed by atoms with E-state index in [1.165, 1.54) is 19.3 Å². The number of hydrogen-bond donors (Lipinski definition) is 2. The van der Waals surface area contributed by atoms with Crippen LogP contribution in [0.4, 0.5) is 0 Å². The highest BCUT2D eigenvalue weighted by Crippen LogP contribution is 2.25. The lowest BCUT2D eigenvalue weighted by molar-refractivity contribution is 0.315. The Morgan fingerprint density at radius 3 is 2.43 bits per heavy atom. The minimum Gasteiger partial charge on any atom is -0.370 e. The number of aliphatic imine (C=N–C) groups is 1. The Kier molecular flexibility index (Phi) is 6.76. The molecule has 1 aliphatic rings. The standard InChI is InChI=1S/C17H21N5.HI/c18-17(21-9-13-5-4-6-13)22-12-16-19-10-15(11-20-16)14-7-2-1-3-8-14;/h1-3,7-8,10-11,13H,4-6,9,12H2,(H3,18,21,22);1H. The van der Waals surface area contributed by atoms with Crippen molar-refractivity contribution in [2.45, 2.75) is 25.8 Å². The molecule has 1 aliphatic carbocycles. The van der Waals surface area contributed by atoms with E-state index in [0.29, 0.717) is 18.3 Å². The van der Waals surface area contributed by atoms with Crippen LogP contribution in [0.1, 0.15) is 25.1 Å². The molecular weight excluding hydrogens is 401 g/mol. The first-order valence-electron chi connectivity index (χ1n) is 7.71. The molecule has 0 unspecified atom stereocenters. The van der Waals surface area contributed by atoms with Crippen molar-refractivity contribution in [3.8, 4) is 11.1 Å². The van der Waals surface area contributed by atoms with E-state index in [0.717, 1.165) is 23.6 Å². The van der Waals surface area contributed by atoms with E-state index in [1.807, 2.05) is 42.7 Å². The maximum atomic E-state index is 5.85. The van der Waals surface area contributed by atoms with Crippen molar-refractivity contribution in [2.75, 3.05) is 6.54 Å². The van der Waals surface area contributed by atoms with E-state index in [9.17, 15) is 0 Å². The maximum absolute atomic E-state index is 5.85. The molecule has 0 saturated heterocycles. The lowest BCUT2D eigenvalue weighted by Gasteiger charge is -2.25. The molecular formula is C17H22IN5. The summed E-state index contributed by atoms with van der Waals surface area (Å²) in [5.41, 5.74) is 7.97. The molecule has 6 heteroatoms. The van der Waals surface area contributed by atoms with Gasteiger partial charge in [-0.2, -0.15) is 0 Å². The summed E-state index contributed by atoms with van der Waals surface area (Å²) < 4.78 is 0. The van der Waals surface area contributed by atoms with Gasteiger partial charge in [-0.3, -0.25) is 0 Å². The van der Waals surface area contributed by atoms with Gasteiger partial charge in [0.05, 0.1) is 0 Å². The zero-order valence-electron chi connectivity index (χ0n) is 13.0. The molecule has 3 rings (SSSR count). The molecule has 0 amide bonds. The summed E-state index contributed by atoms with van der Waals surface area (Å²) in [6, 6.07) is 10.1. The van der Waals surface area contributed by atoms with Gasteiger partial charge >= 0.3 is 0 Å². The fourth-order valence-corrected chi connectivity index (χ4v) is 2.37. The van der Waals surface area contributed by atoms with Gasteiger partial charge in [-0.25, -0.2) is 15.0 Å². The van der Waals surface area contributed by atoms with Crippen molar-refractivity contribution in [3.05, 3.63) is 48.5 Å². The van der Waals surface area contributed by atoms with Crippen LogP contribution < -0.4 is 11.1 Å². The molecule has 0 spiro atoms. The Labute approximate surface area is 153 Å². The van der Waals surface area contributed by atoms with E-state index >= 15 is 0 Å². The smallest absolute Gasteiger partial charge is 0.189 e. The first-order chi connectivity index (χ1) is 10.8. The predicted molar refractivity (Wildman–Crippen MR) is 104 cm³/mol. The fraction of sp³-hybridized carbons (Fsp3) is 0.353. The van der Waals surface area contributed by atoms with Crippen LogP contribution in [0, 0.1) is 5.92 Å². The van der Waals surface area contributed by atoms with Crippen LogP contribution in [0.5, 0.6) is 0 Å². The summed E-state index contributed by atoms with van der Waals surface area (Å²) in [6.07, 6.45) is 7.58. The van der Waals surface area contributed by atoms with E-state index in [1.54, 1.807) is 0 Å². The second kappa shape index (κ2) is 8.81. The van der Waals surface area contributed by atoms with Gasteiger partial charge in [0, 0.05) is 24.5 Å². The predicted octanol–water partition coefficient (Wildman–Crippen LogP) is 2.97. The van der Waals surface area contributed by atoms with Crippen molar-refractivity contribution in [3.63, 3.8) is 0 Å². The minimum atomic E-state index is 0. The lowest BCUT2D eigenvalue weighted by Crippen LogP contribution is -2.37. The summed E-state index contributed by atoms with van der Waals surface area (Å²) in [7, 11) is 0. The Hall–Kier alpha value is -1.70. The number of aromatic nitrogens is 2. The Morgan fingerprint density at radius 2 is 1.83 bits per heavy atom. The normalized spacial score (nSPS) is 14.7. The Morgan fingerprint density at radius 1 is 1.13 bits per heavy atom. The maximum Gasteiger partial charge on any atom is 0.189 e. The molecule has 3 N–H and O–H groups in total. The molecule has 2 aromatic rings. The highest BCUT2D eigenvalue weighted by Gasteiger charge is 2.16. The van der Waals surface area contributed by atoms with E-state index in [-0.39, 0.29) is 24.0 Å². The molecule has 0 bridgehead atoms. The molecule has 5 nitrogen and oxygen atoms in total. The summed E-state index contributed by atoms with van der Waals surface area (Å²) in [5, 5.41) is 3.16. The molecule has 122 valence electrons. The molecule has 0 atom stereocenters. The second-order valence-corrected chi connectivity index (χ2v) is 5.63. The Balaban J connectivity index is 0.00000192. The van der Waals surface area contributed by atoms with Crippen LogP contribution >= 0.6 is 24.0 Å². The molecule has 0 aliphatic heterocycles. The van der Waals surface area contributed by atoms with E-state index < -0.39 is 0 Å². The van der Waals surface area contributed by atoms with Gasteiger partial charge in [0.15, 0.2) is 5.96 Å². The number of nitrogens with two attached hydrogens (primary N) is 1. The average Bonchev–Trinajstić information content (AvgIpc) is 2.53. The molecule has 23 heavy (non-hydrogen) atoms. The van der Waals surface area contributed by atoms with Crippen LogP contribution in [-0.4, -0.2) is 22.5 Å². The zero-order chi connectivity index (χ0) is 15.2. The Bertz CT molecular complexity index is 623. The third kappa shape index (κ3) is 5.16. The van der Waals surface area contributed by atoms with Gasteiger partial charge < -0.3 is 11.1 Å². The lowest BCUT2D eigenvalue weighted by atomic mass is 9.85. The molecule has 1 saturated carbocycles. The minimum absolute atomic E-state index is 0. The van der Waals surface area contributed by atoms with Gasteiger partial charge in [0.25, 0.3) is 0 Å². The van der Waals surface area contributed by atoms with E-state index in [2.05, 4.69) is 20.3 Å². The van der Waals surface area contributed by atoms with Gasteiger partial charge in [-0.15, -0.1) is 24.0 Å². The van der Waals surface area contributed by atoms with Gasteiger partial charge in [0.2, 0.25) is 0 Å². The van der Waals surface area contributed by atoms with Crippen LogP contribution in [0.15, 0.2) is 47.7 Å². The topological polar surface area (TPSA) is 76.2 Å². The highest BCUT2D eigenvalue weighted by atomic mass is 127. The third-order valence-electron chi connectivity index (χ3n) is 4.00. The molecule has 1 aromatic carbocycles. The summed E-state index contributed by atoms with van der Waals surface area (Å²) in [4.78, 5) is 13.0. The molecule has 1 fully saturated rings. The number of hydrogen-bond acceptors (Lipinski definition) is 3. The quantitative estimate of drug-likeness (QED) is 0.441. The number of benzene rings is 1. The van der Waals surface area contributed by atoms with Gasteiger partial charge in [0.1, 0.15) is 12.4 Å². The SMILES string of the molecule is I.NC(=NCc1ncc(-c2ccccc2)cn1)NCC1CCC1. The van der Waals surface area contributed by atoms with Crippen molar-refractivity contribution in [2.24, 2.45) is 16.6 Å². The number of halogens is 1. The summed E-state index contributed by atoms with van der Waals surface area (Å²) in [5.74, 6) is 1.91. The van der Waals surface area contributed by atoms with Crippen molar-refractivity contribution < 1.29 is 0 Å². The molecule has 0 radical (unpaired) electrons. The summed E-state index contributed by atoms with van der Waals surface area (Å²) >= 11 is 0. The number of guanidine groups is 1. The number of rotatable bonds is 5. The fourth-order valence-electron chi connectivity index (χ4n) is 2.37. The number of nitrogens with zero attached hydrogens (tertiary/aromatic N) is 3. The molecule has 1 heterocycles. The summed E-state index contributed by atoms with van der Waals surface area (Å²) in [6.45, 7) is 1.32. The first-order valence-corrected chi connectivity index (χ1v) is 7.71. The van der Waals surface area contributed by atoms with E-state index in [4.69, 9.17) is 5.73 Å². The van der Waals surface area contributed by atoms with Gasteiger partial charge in [-0.1, -0.05) is 36.8 Å². The average molecular weight is 423 g/mol. The molecule has 1 aromatic heterocycles. The van der Waals surface area contributed by atoms with Crippen molar-refractivity contribution in [1.82, 2.24) is 15.3 Å².